The summed E-state index contributed by atoms with van der Waals surface area (Å²) in [5, 5.41) is 0. The average molecular weight is 98.1 g/mol. The standard InChI is InChI=1S/C6H10O/c1-4-6(3)7-5-2/h4-5H,2H2,1,3H3/b6-4-. The smallest absolute Gasteiger partial charge is 0.0958 e. The van der Waals surface area contributed by atoms with Gasteiger partial charge < -0.3 is 4.74 Å². The van der Waals surface area contributed by atoms with Crippen LogP contribution in [0, 0.1) is 0 Å². The summed E-state index contributed by atoms with van der Waals surface area (Å²) in [5.74, 6) is 0.884. The molecule has 0 heterocycles. The second-order valence-corrected chi connectivity index (χ2v) is 1.18. The quantitative estimate of drug-likeness (QED) is 0.480. The largest absolute Gasteiger partial charge is 0.471 e. The van der Waals surface area contributed by atoms with Gasteiger partial charge in [0.1, 0.15) is 0 Å². The van der Waals surface area contributed by atoms with Crippen molar-refractivity contribution in [1.82, 2.24) is 0 Å². The number of hydrogen-bond acceptors (Lipinski definition) is 1. The summed E-state index contributed by atoms with van der Waals surface area (Å²) in [5.41, 5.74) is 0. The number of hydrogen-bond donors (Lipinski definition) is 0. The Morgan fingerprint density at radius 3 is 2.43 bits per heavy atom. The van der Waals surface area contributed by atoms with E-state index >= 15 is 0 Å². The summed E-state index contributed by atoms with van der Waals surface area (Å²) in [4.78, 5) is 0. The van der Waals surface area contributed by atoms with Gasteiger partial charge in [-0.1, -0.05) is 6.58 Å². The van der Waals surface area contributed by atoms with E-state index in [1.54, 1.807) is 0 Å². The maximum absolute atomic E-state index is 4.82. The Bertz CT molecular complexity index is 82.2. The van der Waals surface area contributed by atoms with E-state index in [1.807, 2.05) is 19.9 Å². The van der Waals surface area contributed by atoms with E-state index in [2.05, 4.69) is 6.58 Å². The monoisotopic (exact) mass is 98.1 g/mol. The lowest BCUT2D eigenvalue weighted by molar-refractivity contribution is 0.354. The van der Waals surface area contributed by atoms with Crippen LogP contribution in [0.4, 0.5) is 0 Å². The number of allylic oxidation sites excluding steroid dienone is 2. The van der Waals surface area contributed by atoms with Crippen molar-refractivity contribution >= 4 is 0 Å². The van der Waals surface area contributed by atoms with E-state index in [9.17, 15) is 0 Å². The van der Waals surface area contributed by atoms with Crippen molar-refractivity contribution in [2.45, 2.75) is 13.8 Å². The minimum atomic E-state index is 0.884. The molecule has 0 atom stereocenters. The van der Waals surface area contributed by atoms with Crippen molar-refractivity contribution in [3.8, 4) is 0 Å². The molecule has 7 heavy (non-hydrogen) atoms. The molecule has 0 aromatic carbocycles. The van der Waals surface area contributed by atoms with E-state index in [-0.39, 0.29) is 0 Å². The van der Waals surface area contributed by atoms with Gasteiger partial charge in [0.15, 0.2) is 0 Å². The van der Waals surface area contributed by atoms with Crippen LogP contribution in [0.15, 0.2) is 24.7 Å². The molecule has 0 amide bonds. The average Bonchev–Trinajstić information content (AvgIpc) is 1.68. The Balaban J connectivity index is 3.36. The SMILES string of the molecule is C=CO/C(C)=C\C. The molecule has 0 unspecified atom stereocenters. The zero-order valence-corrected chi connectivity index (χ0v) is 4.77. The normalized spacial score (nSPS) is 10.9. The highest BCUT2D eigenvalue weighted by molar-refractivity contribution is 4.85. The topological polar surface area (TPSA) is 9.23 Å². The Morgan fingerprint density at radius 2 is 2.29 bits per heavy atom. The highest BCUT2D eigenvalue weighted by atomic mass is 16.5. The first-order valence-corrected chi connectivity index (χ1v) is 2.21. The third-order valence-electron chi connectivity index (χ3n) is 0.676. The molecular formula is C6H10O. The van der Waals surface area contributed by atoms with Crippen molar-refractivity contribution in [3.05, 3.63) is 24.7 Å². The molecule has 0 aliphatic heterocycles. The van der Waals surface area contributed by atoms with Crippen molar-refractivity contribution in [3.63, 3.8) is 0 Å². The second kappa shape index (κ2) is 3.47. The van der Waals surface area contributed by atoms with E-state index in [1.165, 1.54) is 6.26 Å². The van der Waals surface area contributed by atoms with Crippen LogP contribution < -0.4 is 0 Å². The highest BCUT2D eigenvalue weighted by Crippen LogP contribution is 1.91. The Kier molecular flexibility index (Phi) is 3.11. The van der Waals surface area contributed by atoms with Gasteiger partial charge in [0.2, 0.25) is 0 Å². The minimum Gasteiger partial charge on any atom is -0.471 e. The second-order valence-electron chi connectivity index (χ2n) is 1.18. The van der Waals surface area contributed by atoms with Crippen LogP contribution in [0.25, 0.3) is 0 Å². The van der Waals surface area contributed by atoms with Gasteiger partial charge in [0, 0.05) is 0 Å². The molecule has 1 nitrogen and oxygen atoms in total. The van der Waals surface area contributed by atoms with Gasteiger partial charge in [0.25, 0.3) is 0 Å². The van der Waals surface area contributed by atoms with Crippen molar-refractivity contribution in [1.29, 1.82) is 0 Å². The fourth-order valence-corrected chi connectivity index (χ4v) is 0.199. The Labute approximate surface area is 44.3 Å². The van der Waals surface area contributed by atoms with Crippen LogP contribution in [-0.2, 0) is 4.74 Å². The summed E-state index contributed by atoms with van der Waals surface area (Å²) in [6, 6.07) is 0. The molecule has 0 radical (unpaired) electrons. The van der Waals surface area contributed by atoms with Gasteiger partial charge >= 0.3 is 0 Å². The Morgan fingerprint density at radius 1 is 1.71 bits per heavy atom. The van der Waals surface area contributed by atoms with E-state index < -0.39 is 0 Å². The lowest BCUT2D eigenvalue weighted by atomic mass is 10.5. The third-order valence-corrected chi connectivity index (χ3v) is 0.676. The molecule has 0 N–H and O–H groups in total. The van der Waals surface area contributed by atoms with Crippen LogP contribution in [0.3, 0.4) is 0 Å². The van der Waals surface area contributed by atoms with Crippen LogP contribution in [0.5, 0.6) is 0 Å². The number of rotatable bonds is 2. The molecule has 0 bridgehead atoms. The third kappa shape index (κ3) is 3.10. The number of ether oxygens (including phenoxy) is 1. The predicted octanol–water partition coefficient (Wildman–Crippen LogP) is 2.07. The van der Waals surface area contributed by atoms with Crippen molar-refractivity contribution < 1.29 is 4.74 Å². The van der Waals surface area contributed by atoms with Crippen LogP contribution in [-0.4, -0.2) is 0 Å². The Hall–Kier alpha value is -0.720. The molecular weight excluding hydrogens is 88.1 g/mol. The van der Waals surface area contributed by atoms with E-state index in [0.717, 1.165) is 5.76 Å². The van der Waals surface area contributed by atoms with Crippen molar-refractivity contribution in [2.75, 3.05) is 0 Å². The predicted molar refractivity (Wildman–Crippen MR) is 30.7 cm³/mol. The molecule has 0 aliphatic rings. The zero-order valence-electron chi connectivity index (χ0n) is 4.77. The molecule has 1 heteroatoms. The maximum atomic E-state index is 4.82. The molecule has 0 spiro atoms. The first kappa shape index (κ1) is 6.28. The summed E-state index contributed by atoms with van der Waals surface area (Å²) in [6.45, 7) is 7.18. The molecule has 0 aliphatic carbocycles. The van der Waals surface area contributed by atoms with Crippen LogP contribution >= 0.6 is 0 Å². The van der Waals surface area contributed by atoms with Gasteiger partial charge in [-0.15, -0.1) is 0 Å². The lowest BCUT2D eigenvalue weighted by Crippen LogP contribution is -1.72. The summed E-state index contributed by atoms with van der Waals surface area (Å²) >= 11 is 0. The molecule has 0 fully saturated rings. The van der Waals surface area contributed by atoms with Gasteiger partial charge in [-0.25, -0.2) is 0 Å². The van der Waals surface area contributed by atoms with E-state index in [0.29, 0.717) is 0 Å². The molecule has 0 aromatic heterocycles. The van der Waals surface area contributed by atoms with Crippen molar-refractivity contribution in [2.24, 2.45) is 0 Å². The molecule has 0 saturated carbocycles. The van der Waals surface area contributed by atoms with E-state index in [4.69, 9.17) is 4.74 Å². The fraction of sp³-hybridized carbons (Fsp3) is 0.333. The minimum absolute atomic E-state index is 0.884. The van der Waals surface area contributed by atoms with Gasteiger partial charge in [-0.3, -0.25) is 0 Å². The zero-order chi connectivity index (χ0) is 5.70. The van der Waals surface area contributed by atoms with Gasteiger partial charge in [-0.2, -0.15) is 0 Å². The van der Waals surface area contributed by atoms with Gasteiger partial charge in [0.05, 0.1) is 12.0 Å². The molecule has 0 rings (SSSR count). The van der Waals surface area contributed by atoms with Crippen LogP contribution in [0.1, 0.15) is 13.8 Å². The first-order valence-electron chi connectivity index (χ1n) is 2.21. The molecule has 0 aromatic rings. The fourth-order valence-electron chi connectivity index (χ4n) is 0.199. The summed E-state index contributed by atoms with van der Waals surface area (Å²) < 4.78 is 4.82. The summed E-state index contributed by atoms with van der Waals surface area (Å²) in [6.07, 6.45) is 3.29. The maximum Gasteiger partial charge on any atom is 0.0958 e. The van der Waals surface area contributed by atoms with Crippen LogP contribution in [0.2, 0.25) is 0 Å². The molecule has 0 saturated heterocycles. The summed E-state index contributed by atoms with van der Waals surface area (Å²) in [7, 11) is 0. The lowest BCUT2D eigenvalue weighted by Gasteiger charge is -1.93. The van der Waals surface area contributed by atoms with Gasteiger partial charge in [-0.05, 0) is 19.9 Å². The first-order chi connectivity index (χ1) is 3.31. The highest BCUT2D eigenvalue weighted by Gasteiger charge is 1.75. The molecule has 40 valence electrons.